The Balaban J connectivity index is 1.86. The van der Waals surface area contributed by atoms with Gasteiger partial charge in [-0.2, -0.15) is 0 Å². The molecule has 22 heavy (non-hydrogen) atoms. The summed E-state index contributed by atoms with van der Waals surface area (Å²) in [7, 11) is 0. The number of carbonyl (C=O) groups excluding carboxylic acids is 1. The fraction of sp³-hybridized carbons (Fsp3) is 0.500. The molecule has 2 rings (SSSR count). The molecule has 1 amide bonds. The molecule has 0 aromatic heterocycles. The lowest BCUT2D eigenvalue weighted by Gasteiger charge is -2.33. The lowest BCUT2D eigenvalue weighted by Crippen LogP contribution is -2.48. The summed E-state index contributed by atoms with van der Waals surface area (Å²) in [4.78, 5) is 16.2. The molecular weight excluding hydrogens is 276 g/mol. The van der Waals surface area contributed by atoms with Gasteiger partial charge >= 0.3 is 0 Å². The van der Waals surface area contributed by atoms with E-state index in [-0.39, 0.29) is 12.5 Å². The Bertz CT molecular complexity index is 500. The van der Waals surface area contributed by atoms with Crippen molar-refractivity contribution in [3.8, 4) is 0 Å². The molecule has 0 saturated carbocycles. The van der Waals surface area contributed by atoms with Crippen LogP contribution in [0.25, 0.3) is 6.08 Å². The van der Waals surface area contributed by atoms with Crippen LogP contribution in [0.2, 0.25) is 0 Å². The van der Waals surface area contributed by atoms with E-state index in [4.69, 9.17) is 5.11 Å². The Morgan fingerprint density at radius 2 is 1.82 bits per heavy atom. The van der Waals surface area contributed by atoms with Gasteiger partial charge in [0.1, 0.15) is 0 Å². The highest BCUT2D eigenvalue weighted by Gasteiger charge is 2.18. The number of nitrogens with zero attached hydrogens (tertiary/aromatic N) is 2. The zero-order chi connectivity index (χ0) is 15.9. The Hall–Kier alpha value is -1.65. The smallest absolute Gasteiger partial charge is 0.246 e. The first-order chi connectivity index (χ1) is 10.6. The highest BCUT2D eigenvalue weighted by molar-refractivity contribution is 5.91. The number of hydrogen-bond acceptors (Lipinski definition) is 3. The Labute approximate surface area is 133 Å². The molecule has 1 N–H and O–H groups in total. The van der Waals surface area contributed by atoms with Crippen molar-refractivity contribution < 1.29 is 9.90 Å². The number of hydrogen-bond donors (Lipinski definition) is 1. The van der Waals surface area contributed by atoms with Crippen molar-refractivity contribution in [1.29, 1.82) is 0 Å². The number of benzene rings is 1. The second kappa shape index (κ2) is 8.11. The summed E-state index contributed by atoms with van der Waals surface area (Å²) in [6.07, 6.45) is 3.54. The topological polar surface area (TPSA) is 43.8 Å². The number of piperazine rings is 1. The maximum atomic E-state index is 12.2. The molecule has 0 bridgehead atoms. The average molecular weight is 302 g/mol. The van der Waals surface area contributed by atoms with Gasteiger partial charge in [-0.15, -0.1) is 0 Å². The minimum absolute atomic E-state index is 0.0663. The molecule has 1 aliphatic rings. The van der Waals surface area contributed by atoms with Crippen LogP contribution in [0.3, 0.4) is 0 Å². The van der Waals surface area contributed by atoms with E-state index in [1.807, 2.05) is 11.0 Å². The predicted molar refractivity (Wildman–Crippen MR) is 89.7 cm³/mol. The fourth-order valence-corrected chi connectivity index (χ4v) is 2.60. The van der Waals surface area contributed by atoms with E-state index in [1.165, 1.54) is 5.56 Å². The maximum Gasteiger partial charge on any atom is 0.246 e. The molecule has 0 radical (unpaired) electrons. The van der Waals surface area contributed by atoms with Crippen molar-refractivity contribution in [3.05, 3.63) is 41.5 Å². The van der Waals surface area contributed by atoms with Crippen LogP contribution in [-0.4, -0.2) is 60.1 Å². The summed E-state index contributed by atoms with van der Waals surface area (Å²) >= 11 is 0. The molecule has 1 heterocycles. The van der Waals surface area contributed by atoms with Crippen LogP contribution in [0.5, 0.6) is 0 Å². The van der Waals surface area contributed by atoms with Gasteiger partial charge in [0.15, 0.2) is 0 Å². The highest BCUT2D eigenvalue weighted by atomic mass is 16.3. The number of aliphatic hydroxyl groups excluding tert-OH is 1. The fourth-order valence-electron chi connectivity index (χ4n) is 2.60. The van der Waals surface area contributed by atoms with Crippen LogP contribution < -0.4 is 0 Å². The summed E-state index contributed by atoms with van der Waals surface area (Å²) in [6, 6.07) is 8.33. The molecule has 0 spiro atoms. The van der Waals surface area contributed by atoms with Gasteiger partial charge in [-0.1, -0.05) is 38.1 Å². The summed E-state index contributed by atoms with van der Waals surface area (Å²) in [5.41, 5.74) is 2.36. The molecule has 1 fully saturated rings. The van der Waals surface area contributed by atoms with Crippen LogP contribution in [0, 0.1) is 0 Å². The molecule has 0 atom stereocenters. The number of carbonyl (C=O) groups is 1. The number of aliphatic hydroxyl groups is 1. The van der Waals surface area contributed by atoms with Crippen LogP contribution in [0.4, 0.5) is 0 Å². The van der Waals surface area contributed by atoms with Crippen molar-refractivity contribution in [3.63, 3.8) is 0 Å². The third kappa shape index (κ3) is 4.68. The SMILES string of the molecule is CC(C)c1ccc(/C=C/C(=O)N2CCN(CCO)CC2)cc1. The van der Waals surface area contributed by atoms with Crippen molar-refractivity contribution in [2.24, 2.45) is 0 Å². The standard InChI is InChI=1S/C18H26N2O2/c1-15(2)17-6-3-16(4-7-17)5-8-18(22)20-11-9-19(10-12-20)13-14-21/h3-8,15,21H,9-14H2,1-2H3/b8-5+. The summed E-state index contributed by atoms with van der Waals surface area (Å²) in [6.45, 7) is 8.35. The average Bonchev–Trinajstić information content (AvgIpc) is 2.54. The summed E-state index contributed by atoms with van der Waals surface area (Å²) in [5, 5.41) is 8.92. The van der Waals surface area contributed by atoms with Crippen molar-refractivity contribution in [1.82, 2.24) is 9.80 Å². The molecule has 1 aliphatic heterocycles. The number of rotatable bonds is 5. The van der Waals surface area contributed by atoms with E-state index in [0.717, 1.165) is 31.7 Å². The van der Waals surface area contributed by atoms with Gasteiger partial charge in [0.25, 0.3) is 0 Å². The molecule has 4 nitrogen and oxygen atoms in total. The van der Waals surface area contributed by atoms with E-state index >= 15 is 0 Å². The van der Waals surface area contributed by atoms with Gasteiger partial charge < -0.3 is 10.0 Å². The Kier molecular flexibility index (Phi) is 6.16. The minimum Gasteiger partial charge on any atom is -0.395 e. The molecule has 1 aromatic carbocycles. The zero-order valence-electron chi connectivity index (χ0n) is 13.5. The van der Waals surface area contributed by atoms with Gasteiger partial charge in [0.05, 0.1) is 6.61 Å². The largest absolute Gasteiger partial charge is 0.395 e. The van der Waals surface area contributed by atoms with E-state index in [1.54, 1.807) is 6.08 Å². The second-order valence-corrected chi connectivity index (χ2v) is 6.05. The zero-order valence-corrected chi connectivity index (χ0v) is 13.5. The summed E-state index contributed by atoms with van der Waals surface area (Å²) < 4.78 is 0. The van der Waals surface area contributed by atoms with E-state index in [0.29, 0.717) is 12.5 Å². The maximum absolute atomic E-state index is 12.2. The van der Waals surface area contributed by atoms with Crippen LogP contribution >= 0.6 is 0 Å². The van der Waals surface area contributed by atoms with Crippen molar-refractivity contribution in [2.75, 3.05) is 39.3 Å². The van der Waals surface area contributed by atoms with Gasteiger partial charge in [-0.3, -0.25) is 9.69 Å². The molecule has 4 heteroatoms. The molecule has 120 valence electrons. The van der Waals surface area contributed by atoms with Crippen LogP contribution in [0.1, 0.15) is 30.9 Å². The normalized spacial score (nSPS) is 16.6. The van der Waals surface area contributed by atoms with Gasteiger partial charge in [0.2, 0.25) is 5.91 Å². The first-order valence-electron chi connectivity index (χ1n) is 8.00. The van der Waals surface area contributed by atoms with Crippen LogP contribution in [-0.2, 0) is 4.79 Å². The van der Waals surface area contributed by atoms with Crippen LogP contribution in [0.15, 0.2) is 30.3 Å². The van der Waals surface area contributed by atoms with Crippen molar-refractivity contribution >= 4 is 12.0 Å². The number of amides is 1. The first kappa shape index (κ1) is 16.7. The minimum atomic E-state index is 0.0663. The molecule has 0 aliphatic carbocycles. The number of β-amino-alcohol motifs (C(OH)–C–C–N with tert-alkyl or cyclic N) is 1. The summed E-state index contributed by atoms with van der Waals surface area (Å²) in [5.74, 6) is 0.589. The molecule has 1 saturated heterocycles. The van der Waals surface area contributed by atoms with E-state index < -0.39 is 0 Å². The lowest BCUT2D eigenvalue weighted by molar-refractivity contribution is -0.127. The quantitative estimate of drug-likeness (QED) is 0.846. The monoisotopic (exact) mass is 302 g/mol. The third-order valence-corrected chi connectivity index (χ3v) is 4.12. The van der Waals surface area contributed by atoms with E-state index in [2.05, 4.69) is 43.0 Å². The Morgan fingerprint density at radius 3 is 2.36 bits per heavy atom. The first-order valence-corrected chi connectivity index (χ1v) is 8.00. The molecule has 1 aromatic rings. The second-order valence-electron chi connectivity index (χ2n) is 6.05. The lowest BCUT2D eigenvalue weighted by atomic mass is 10.0. The predicted octanol–water partition coefficient (Wildman–Crippen LogP) is 1.96. The molecular formula is C18H26N2O2. The third-order valence-electron chi connectivity index (χ3n) is 4.12. The van der Waals surface area contributed by atoms with Gasteiger partial charge in [0, 0.05) is 38.8 Å². The molecule has 0 unspecified atom stereocenters. The Morgan fingerprint density at radius 1 is 1.18 bits per heavy atom. The van der Waals surface area contributed by atoms with Gasteiger partial charge in [-0.25, -0.2) is 0 Å². The van der Waals surface area contributed by atoms with E-state index in [9.17, 15) is 4.79 Å². The van der Waals surface area contributed by atoms with Gasteiger partial charge in [-0.05, 0) is 23.1 Å². The van der Waals surface area contributed by atoms with Crippen molar-refractivity contribution in [2.45, 2.75) is 19.8 Å². The highest BCUT2D eigenvalue weighted by Crippen LogP contribution is 2.15.